The van der Waals surface area contributed by atoms with E-state index in [1.165, 1.54) is 6.92 Å². The molecule has 0 bridgehead atoms. The minimum Gasteiger partial charge on any atom is -0.449 e. The topological polar surface area (TPSA) is 92.8 Å². The molecule has 0 aromatic heterocycles. The SMILES string of the molecule is CCc1ccc(NC(=O)C(C)OC(=O)c2ccc(F)c(S(=O)(=O)N(CC)CC)c2)cc1. The number of hydrogen-bond acceptors (Lipinski definition) is 5. The van der Waals surface area contributed by atoms with Crippen molar-refractivity contribution in [3.05, 3.63) is 59.4 Å². The third-order valence-electron chi connectivity index (χ3n) is 4.77. The van der Waals surface area contributed by atoms with Crippen LogP contribution in [-0.4, -0.2) is 43.8 Å². The molecule has 168 valence electrons. The number of anilines is 1. The summed E-state index contributed by atoms with van der Waals surface area (Å²) in [6.45, 7) is 6.99. The first-order valence-corrected chi connectivity index (χ1v) is 11.5. The second-order valence-corrected chi connectivity index (χ2v) is 8.73. The van der Waals surface area contributed by atoms with E-state index in [4.69, 9.17) is 4.74 Å². The number of halogens is 1. The van der Waals surface area contributed by atoms with Gasteiger partial charge >= 0.3 is 5.97 Å². The molecule has 0 spiro atoms. The third kappa shape index (κ3) is 5.89. The lowest BCUT2D eigenvalue weighted by molar-refractivity contribution is -0.123. The summed E-state index contributed by atoms with van der Waals surface area (Å²) in [6, 6.07) is 10.2. The lowest BCUT2D eigenvalue weighted by Gasteiger charge is -2.19. The van der Waals surface area contributed by atoms with Crippen LogP contribution in [0.5, 0.6) is 0 Å². The van der Waals surface area contributed by atoms with E-state index in [9.17, 15) is 22.4 Å². The summed E-state index contributed by atoms with van der Waals surface area (Å²) in [7, 11) is -4.11. The minimum absolute atomic E-state index is 0.156. The van der Waals surface area contributed by atoms with Gasteiger partial charge in [0.05, 0.1) is 5.56 Å². The fourth-order valence-electron chi connectivity index (χ4n) is 2.88. The predicted octanol–water partition coefficient (Wildman–Crippen LogP) is 3.60. The quantitative estimate of drug-likeness (QED) is 0.589. The van der Waals surface area contributed by atoms with E-state index in [0.717, 1.165) is 34.5 Å². The van der Waals surface area contributed by atoms with Gasteiger partial charge < -0.3 is 10.1 Å². The first-order chi connectivity index (χ1) is 14.6. The van der Waals surface area contributed by atoms with E-state index in [-0.39, 0.29) is 18.7 Å². The largest absolute Gasteiger partial charge is 0.449 e. The highest BCUT2D eigenvalue weighted by Gasteiger charge is 2.27. The Balaban J connectivity index is 2.14. The Hall–Kier alpha value is -2.78. The van der Waals surface area contributed by atoms with E-state index in [1.807, 2.05) is 19.1 Å². The van der Waals surface area contributed by atoms with Gasteiger partial charge in [0.2, 0.25) is 10.0 Å². The summed E-state index contributed by atoms with van der Waals surface area (Å²) in [4.78, 5) is 24.2. The van der Waals surface area contributed by atoms with Crippen LogP contribution < -0.4 is 5.32 Å². The number of nitrogens with one attached hydrogen (secondary N) is 1. The molecule has 0 aliphatic heterocycles. The van der Waals surface area contributed by atoms with Crippen LogP contribution >= 0.6 is 0 Å². The number of nitrogens with zero attached hydrogens (tertiary/aromatic N) is 1. The zero-order chi connectivity index (χ0) is 23.2. The van der Waals surface area contributed by atoms with E-state index in [2.05, 4.69) is 5.32 Å². The average molecular weight is 451 g/mol. The lowest BCUT2D eigenvalue weighted by atomic mass is 10.1. The molecule has 0 radical (unpaired) electrons. The molecule has 0 saturated carbocycles. The molecule has 7 nitrogen and oxygen atoms in total. The molecular formula is C22H27FN2O5S. The normalized spacial score (nSPS) is 12.5. The number of aryl methyl sites for hydroxylation is 1. The molecule has 31 heavy (non-hydrogen) atoms. The standard InChI is InChI=1S/C22H27FN2O5S/c1-5-16-8-11-18(12-9-16)24-21(26)15(4)30-22(27)17-10-13-19(23)20(14-17)31(28,29)25(6-2)7-3/h8-15H,5-7H2,1-4H3,(H,24,26). The molecule has 0 heterocycles. The molecule has 2 aromatic carbocycles. The monoisotopic (exact) mass is 450 g/mol. The summed E-state index contributed by atoms with van der Waals surface area (Å²) in [5.74, 6) is -2.44. The van der Waals surface area contributed by atoms with Crippen molar-refractivity contribution in [1.82, 2.24) is 4.31 Å². The van der Waals surface area contributed by atoms with Crippen molar-refractivity contribution in [3.8, 4) is 0 Å². The Morgan fingerprint density at radius 1 is 1.06 bits per heavy atom. The van der Waals surface area contributed by atoms with Crippen molar-refractivity contribution in [2.24, 2.45) is 0 Å². The predicted molar refractivity (Wildman–Crippen MR) is 116 cm³/mol. The summed E-state index contributed by atoms with van der Waals surface area (Å²) < 4.78 is 45.7. The van der Waals surface area contributed by atoms with Crippen LogP contribution in [0.3, 0.4) is 0 Å². The zero-order valence-corrected chi connectivity index (χ0v) is 18.8. The number of rotatable bonds is 9. The maximum atomic E-state index is 14.2. The summed E-state index contributed by atoms with van der Waals surface area (Å²) in [6.07, 6.45) is -0.280. The molecule has 1 N–H and O–H groups in total. The number of hydrogen-bond donors (Lipinski definition) is 1. The van der Waals surface area contributed by atoms with Gasteiger partial charge in [-0.2, -0.15) is 4.31 Å². The fraction of sp³-hybridized carbons (Fsp3) is 0.364. The number of carbonyl (C=O) groups is 2. The van der Waals surface area contributed by atoms with E-state index in [1.54, 1.807) is 26.0 Å². The van der Waals surface area contributed by atoms with Crippen molar-refractivity contribution in [3.63, 3.8) is 0 Å². The van der Waals surface area contributed by atoms with Crippen LogP contribution in [0.25, 0.3) is 0 Å². The third-order valence-corrected chi connectivity index (χ3v) is 6.84. The molecule has 1 unspecified atom stereocenters. The van der Waals surface area contributed by atoms with Crippen LogP contribution in [0.1, 0.15) is 43.6 Å². The van der Waals surface area contributed by atoms with Crippen molar-refractivity contribution < 1.29 is 27.1 Å². The Morgan fingerprint density at radius 2 is 1.68 bits per heavy atom. The van der Waals surface area contributed by atoms with E-state index >= 15 is 0 Å². The lowest BCUT2D eigenvalue weighted by Crippen LogP contribution is -2.32. The van der Waals surface area contributed by atoms with Crippen LogP contribution in [-0.2, 0) is 26.0 Å². The molecule has 1 atom stereocenters. The van der Waals surface area contributed by atoms with Crippen molar-refractivity contribution in [2.75, 3.05) is 18.4 Å². The average Bonchev–Trinajstić information content (AvgIpc) is 2.74. The van der Waals surface area contributed by atoms with Crippen molar-refractivity contribution >= 4 is 27.6 Å². The van der Waals surface area contributed by atoms with E-state index in [0.29, 0.717) is 5.69 Å². The van der Waals surface area contributed by atoms with Gasteiger partial charge in [-0.05, 0) is 49.2 Å². The second kappa shape index (κ2) is 10.5. The molecule has 2 rings (SSSR count). The smallest absolute Gasteiger partial charge is 0.338 e. The van der Waals surface area contributed by atoms with Gasteiger partial charge in [-0.3, -0.25) is 4.79 Å². The van der Waals surface area contributed by atoms with Crippen molar-refractivity contribution in [1.29, 1.82) is 0 Å². The number of carbonyl (C=O) groups excluding carboxylic acids is 2. The number of benzene rings is 2. The number of esters is 1. The molecule has 9 heteroatoms. The van der Waals surface area contributed by atoms with Gasteiger partial charge in [-0.1, -0.05) is 32.9 Å². The van der Waals surface area contributed by atoms with Gasteiger partial charge in [-0.15, -0.1) is 0 Å². The highest BCUT2D eigenvalue weighted by Crippen LogP contribution is 2.21. The minimum atomic E-state index is -4.11. The highest BCUT2D eigenvalue weighted by atomic mass is 32.2. The van der Waals surface area contributed by atoms with Gasteiger partial charge in [-0.25, -0.2) is 17.6 Å². The number of ether oxygens (including phenoxy) is 1. The first-order valence-electron chi connectivity index (χ1n) is 10.0. The molecule has 0 aliphatic rings. The fourth-order valence-corrected chi connectivity index (χ4v) is 4.43. The summed E-state index contributed by atoms with van der Waals surface area (Å²) >= 11 is 0. The van der Waals surface area contributed by atoms with Gasteiger partial charge in [0, 0.05) is 18.8 Å². The Morgan fingerprint density at radius 3 is 2.23 bits per heavy atom. The second-order valence-electron chi connectivity index (χ2n) is 6.82. The van der Waals surface area contributed by atoms with Crippen LogP contribution in [0.2, 0.25) is 0 Å². The molecule has 1 amide bonds. The molecule has 0 saturated heterocycles. The highest BCUT2D eigenvalue weighted by molar-refractivity contribution is 7.89. The molecule has 2 aromatic rings. The van der Waals surface area contributed by atoms with Gasteiger partial charge in [0.1, 0.15) is 10.7 Å². The molecular weight excluding hydrogens is 423 g/mol. The van der Waals surface area contributed by atoms with Gasteiger partial charge in [0.25, 0.3) is 5.91 Å². The van der Waals surface area contributed by atoms with Crippen LogP contribution in [0, 0.1) is 5.82 Å². The van der Waals surface area contributed by atoms with Crippen LogP contribution in [0.15, 0.2) is 47.4 Å². The first kappa shape index (κ1) is 24.5. The summed E-state index contributed by atoms with van der Waals surface area (Å²) in [5, 5.41) is 2.65. The van der Waals surface area contributed by atoms with E-state index < -0.39 is 38.7 Å². The Kier molecular flexibility index (Phi) is 8.29. The van der Waals surface area contributed by atoms with Gasteiger partial charge in [0.15, 0.2) is 6.10 Å². The maximum Gasteiger partial charge on any atom is 0.338 e. The summed E-state index contributed by atoms with van der Waals surface area (Å²) in [5.41, 5.74) is 1.50. The van der Waals surface area contributed by atoms with Crippen molar-refractivity contribution in [2.45, 2.75) is 45.1 Å². The maximum absolute atomic E-state index is 14.2. The number of amides is 1. The zero-order valence-electron chi connectivity index (χ0n) is 18.0. The number of sulfonamides is 1. The Bertz CT molecular complexity index is 1030. The van der Waals surface area contributed by atoms with Crippen LogP contribution in [0.4, 0.5) is 10.1 Å². The molecule has 0 aliphatic carbocycles. The molecule has 0 fully saturated rings. The Labute approximate surface area is 182 Å².